The van der Waals surface area contributed by atoms with E-state index in [4.69, 9.17) is 10.5 Å². The van der Waals surface area contributed by atoms with Crippen LogP contribution in [0.1, 0.15) is 18.7 Å². The van der Waals surface area contributed by atoms with Crippen LogP contribution in [0.4, 0.5) is 0 Å². The summed E-state index contributed by atoms with van der Waals surface area (Å²) in [6.07, 6.45) is -3.80. The summed E-state index contributed by atoms with van der Waals surface area (Å²) in [5.41, 5.74) is 4.44. The standard InChI is InChI=1S/C17H22N4O9/c1-2-6-3-20(9(6)16(27)28)14(26)8(18)12-10(23)11(24)15(30-12)21-4-7(5-22)13(25)19-17(21)29/h2,4,8-12,15,22-24H,3,5,18H2,1H3,(H,27,28)(H,19,25,29)/b6-2-/t8-,9-,10-,11+,12?,15?/m0/s1. The number of carboxylic acid groups (broad SMARTS) is 1. The maximum Gasteiger partial charge on any atom is 0.330 e. The Balaban J connectivity index is 1.83. The highest BCUT2D eigenvalue weighted by Crippen LogP contribution is 2.32. The number of likely N-dealkylation sites (tertiary alicyclic amines) is 1. The third kappa shape index (κ3) is 3.46. The molecule has 0 aromatic carbocycles. The van der Waals surface area contributed by atoms with Crippen molar-refractivity contribution in [2.45, 2.75) is 50.2 Å². The molecule has 0 saturated carbocycles. The Labute approximate surface area is 168 Å². The van der Waals surface area contributed by atoms with Gasteiger partial charge in [0.2, 0.25) is 5.91 Å². The van der Waals surface area contributed by atoms with Gasteiger partial charge in [-0.2, -0.15) is 0 Å². The van der Waals surface area contributed by atoms with Gasteiger partial charge in [-0.1, -0.05) is 6.08 Å². The smallest absolute Gasteiger partial charge is 0.330 e. The fourth-order valence-corrected chi connectivity index (χ4v) is 3.58. The molecule has 2 aliphatic rings. The molecule has 0 bridgehead atoms. The van der Waals surface area contributed by atoms with E-state index < -0.39 is 66.4 Å². The normalized spacial score (nSPS) is 30.9. The Morgan fingerprint density at radius 3 is 2.60 bits per heavy atom. The van der Waals surface area contributed by atoms with Gasteiger partial charge in [0.25, 0.3) is 5.56 Å². The first kappa shape index (κ1) is 21.9. The Hall–Kier alpha value is -2.84. The number of nitrogens with zero attached hydrogens (tertiary/aromatic N) is 2. The minimum atomic E-state index is -1.69. The van der Waals surface area contributed by atoms with Crippen LogP contribution >= 0.6 is 0 Å². The first-order valence-corrected chi connectivity index (χ1v) is 9.03. The molecule has 1 amide bonds. The van der Waals surface area contributed by atoms with E-state index in [-0.39, 0.29) is 12.1 Å². The number of carbonyl (C=O) groups excluding carboxylic acids is 1. The number of carbonyl (C=O) groups is 2. The van der Waals surface area contributed by atoms with Crippen molar-refractivity contribution in [1.29, 1.82) is 0 Å². The van der Waals surface area contributed by atoms with Gasteiger partial charge in [0.05, 0.1) is 12.2 Å². The van der Waals surface area contributed by atoms with E-state index in [1.54, 1.807) is 13.0 Å². The van der Waals surface area contributed by atoms with Gasteiger partial charge in [-0.15, -0.1) is 0 Å². The second-order valence-electron chi connectivity index (χ2n) is 7.05. The van der Waals surface area contributed by atoms with Gasteiger partial charge in [0, 0.05) is 12.7 Å². The van der Waals surface area contributed by atoms with Gasteiger partial charge in [-0.3, -0.25) is 19.1 Å². The summed E-state index contributed by atoms with van der Waals surface area (Å²) >= 11 is 0. The summed E-state index contributed by atoms with van der Waals surface area (Å²) in [5, 5.41) is 39.2. The lowest BCUT2D eigenvalue weighted by atomic mass is 9.92. The Bertz CT molecular complexity index is 1000. The first-order valence-electron chi connectivity index (χ1n) is 9.03. The third-order valence-electron chi connectivity index (χ3n) is 5.30. The number of hydrogen-bond donors (Lipinski definition) is 6. The summed E-state index contributed by atoms with van der Waals surface area (Å²) in [6, 6.07) is -2.71. The fraction of sp³-hybridized carbons (Fsp3) is 0.529. The Kier molecular flexibility index (Phi) is 5.92. The van der Waals surface area contributed by atoms with E-state index in [9.17, 15) is 39.6 Å². The van der Waals surface area contributed by atoms with Gasteiger partial charge in [-0.05, 0) is 12.5 Å². The van der Waals surface area contributed by atoms with Crippen LogP contribution in [-0.2, 0) is 20.9 Å². The molecular formula is C17H22N4O9. The molecule has 1 aromatic rings. The molecule has 2 saturated heterocycles. The van der Waals surface area contributed by atoms with Gasteiger partial charge in [0.1, 0.15) is 24.4 Å². The Morgan fingerprint density at radius 2 is 2.03 bits per heavy atom. The molecule has 2 unspecified atom stereocenters. The number of aliphatic hydroxyl groups excluding tert-OH is 3. The van der Waals surface area contributed by atoms with E-state index in [1.165, 1.54) is 0 Å². The number of amides is 1. The number of carboxylic acids is 1. The van der Waals surface area contributed by atoms with Crippen molar-refractivity contribution in [3.63, 3.8) is 0 Å². The number of ether oxygens (including phenoxy) is 1. The molecule has 0 aliphatic carbocycles. The molecule has 3 heterocycles. The van der Waals surface area contributed by atoms with Crippen molar-refractivity contribution in [2.24, 2.45) is 5.73 Å². The van der Waals surface area contributed by atoms with Crippen molar-refractivity contribution >= 4 is 11.9 Å². The molecule has 3 rings (SSSR count). The third-order valence-corrected chi connectivity index (χ3v) is 5.30. The highest BCUT2D eigenvalue weighted by Gasteiger charge is 2.51. The number of H-pyrrole nitrogens is 1. The molecule has 2 aliphatic heterocycles. The summed E-state index contributed by atoms with van der Waals surface area (Å²) in [4.78, 5) is 50.7. The van der Waals surface area contributed by atoms with Gasteiger partial charge < -0.3 is 35.8 Å². The molecule has 2 fully saturated rings. The number of aromatic amines is 1. The molecular weight excluding hydrogens is 404 g/mol. The van der Waals surface area contributed by atoms with Crippen molar-refractivity contribution in [2.75, 3.05) is 6.54 Å². The van der Waals surface area contributed by atoms with Crippen molar-refractivity contribution in [1.82, 2.24) is 14.5 Å². The zero-order chi connectivity index (χ0) is 22.3. The van der Waals surface area contributed by atoms with E-state index in [0.29, 0.717) is 5.57 Å². The molecule has 13 heteroatoms. The maximum absolute atomic E-state index is 12.7. The quantitative estimate of drug-likeness (QED) is 0.253. The van der Waals surface area contributed by atoms with Crippen molar-refractivity contribution in [3.05, 3.63) is 44.2 Å². The number of rotatable bonds is 5. The van der Waals surface area contributed by atoms with Crippen LogP contribution in [0.3, 0.4) is 0 Å². The molecule has 13 nitrogen and oxygen atoms in total. The maximum atomic E-state index is 12.7. The predicted octanol–water partition coefficient (Wildman–Crippen LogP) is -3.78. The average molecular weight is 426 g/mol. The molecule has 30 heavy (non-hydrogen) atoms. The van der Waals surface area contributed by atoms with Crippen LogP contribution in [0.15, 0.2) is 27.4 Å². The van der Waals surface area contributed by atoms with Crippen LogP contribution in [0.2, 0.25) is 0 Å². The second-order valence-corrected chi connectivity index (χ2v) is 7.05. The lowest BCUT2D eigenvalue weighted by molar-refractivity contribution is -0.155. The van der Waals surface area contributed by atoms with E-state index >= 15 is 0 Å². The van der Waals surface area contributed by atoms with Crippen LogP contribution in [-0.4, -0.2) is 83.7 Å². The summed E-state index contributed by atoms with van der Waals surface area (Å²) in [7, 11) is 0. The molecule has 7 N–H and O–H groups in total. The number of allylic oxidation sites excluding steroid dienone is 1. The minimum absolute atomic E-state index is 0.0496. The predicted molar refractivity (Wildman–Crippen MR) is 98.0 cm³/mol. The zero-order valence-corrected chi connectivity index (χ0v) is 15.8. The minimum Gasteiger partial charge on any atom is -0.479 e. The van der Waals surface area contributed by atoms with Gasteiger partial charge in [-0.25, -0.2) is 9.59 Å². The highest BCUT2D eigenvalue weighted by molar-refractivity contribution is 5.92. The van der Waals surface area contributed by atoms with Crippen LogP contribution < -0.4 is 17.0 Å². The number of aliphatic carboxylic acids is 1. The molecule has 6 atom stereocenters. The van der Waals surface area contributed by atoms with Crippen LogP contribution in [0, 0.1) is 0 Å². The van der Waals surface area contributed by atoms with E-state index in [0.717, 1.165) is 15.7 Å². The number of nitrogens with two attached hydrogens (primary N) is 1. The fourth-order valence-electron chi connectivity index (χ4n) is 3.58. The summed E-state index contributed by atoms with van der Waals surface area (Å²) < 4.78 is 6.23. The van der Waals surface area contributed by atoms with Crippen molar-refractivity contribution in [3.8, 4) is 0 Å². The number of aliphatic hydroxyl groups is 3. The first-order chi connectivity index (χ1) is 14.1. The van der Waals surface area contributed by atoms with E-state index in [1.807, 2.05) is 4.98 Å². The van der Waals surface area contributed by atoms with Crippen LogP contribution in [0.5, 0.6) is 0 Å². The second kappa shape index (κ2) is 8.12. The largest absolute Gasteiger partial charge is 0.479 e. The molecule has 0 radical (unpaired) electrons. The zero-order valence-electron chi connectivity index (χ0n) is 15.8. The molecule has 164 valence electrons. The topological polar surface area (TPSA) is 208 Å². The summed E-state index contributed by atoms with van der Waals surface area (Å²) in [6.45, 7) is 0.996. The highest BCUT2D eigenvalue weighted by atomic mass is 16.6. The number of aromatic nitrogens is 2. The number of nitrogens with one attached hydrogen (secondary N) is 1. The molecule has 1 aromatic heterocycles. The Morgan fingerprint density at radius 1 is 1.37 bits per heavy atom. The molecule has 0 spiro atoms. The van der Waals surface area contributed by atoms with E-state index in [2.05, 4.69) is 0 Å². The SMILES string of the molecule is C/C=C1/CN(C(=O)[C@@H](N)C2OC(n3cc(CO)c(=O)[nH]c3=O)[C@H](O)[C@@H]2O)[C@@H]1C(=O)O. The van der Waals surface area contributed by atoms with Crippen molar-refractivity contribution < 1.29 is 34.8 Å². The lowest BCUT2D eigenvalue weighted by Crippen LogP contribution is -2.63. The van der Waals surface area contributed by atoms with Crippen LogP contribution in [0.25, 0.3) is 0 Å². The van der Waals surface area contributed by atoms with Gasteiger partial charge >= 0.3 is 11.7 Å². The monoisotopic (exact) mass is 426 g/mol. The average Bonchev–Trinajstić information content (AvgIpc) is 2.95. The number of hydrogen-bond acceptors (Lipinski definition) is 9. The lowest BCUT2D eigenvalue weighted by Gasteiger charge is -2.42. The van der Waals surface area contributed by atoms with Gasteiger partial charge in [0.15, 0.2) is 12.3 Å². The summed E-state index contributed by atoms with van der Waals surface area (Å²) in [5.74, 6) is -2.05.